The molecule has 0 saturated carbocycles. The Morgan fingerprint density at radius 2 is 2.24 bits per heavy atom. The minimum Gasteiger partial charge on any atom is -0.389 e. The van der Waals surface area contributed by atoms with Crippen molar-refractivity contribution in [1.82, 2.24) is 9.88 Å². The number of β-amino-alcohol motifs (C(OH)–C–C–N with tert-alkyl or cyclic N) is 1. The number of aromatic nitrogens is 1. The monoisotopic (exact) mass is 274 g/mol. The first-order valence-corrected chi connectivity index (χ1v) is 6.47. The highest BCUT2D eigenvalue weighted by Gasteiger charge is 2.28. The van der Waals surface area contributed by atoms with E-state index in [0.717, 1.165) is 25.1 Å². The summed E-state index contributed by atoms with van der Waals surface area (Å²) < 4.78 is 0. The lowest BCUT2D eigenvalue weighted by atomic mass is 9.95. The quantitative estimate of drug-likeness (QED) is 0.843. The maximum atomic E-state index is 10.0. The number of piperidine rings is 1. The van der Waals surface area contributed by atoms with Crippen molar-refractivity contribution in [2.75, 3.05) is 13.1 Å². The number of hydrogen-bond donors (Lipinski definition) is 1. The number of rotatable bonds is 2. The first-order chi connectivity index (χ1) is 7.96. The molecule has 5 heteroatoms. The van der Waals surface area contributed by atoms with Crippen LogP contribution in [0.15, 0.2) is 12.1 Å². The second-order valence-corrected chi connectivity index (χ2v) is 5.67. The van der Waals surface area contributed by atoms with Gasteiger partial charge in [-0.15, -0.1) is 0 Å². The molecule has 2 rings (SSSR count). The highest BCUT2D eigenvalue weighted by Crippen LogP contribution is 2.24. The smallest absolute Gasteiger partial charge is 0.129 e. The van der Waals surface area contributed by atoms with Crippen molar-refractivity contribution >= 4 is 23.2 Å². The van der Waals surface area contributed by atoms with Crippen LogP contribution in [0.3, 0.4) is 0 Å². The normalized spacial score (nSPS) is 26.1. The summed E-state index contributed by atoms with van der Waals surface area (Å²) in [6.45, 7) is 4.11. The van der Waals surface area contributed by atoms with Gasteiger partial charge in [-0.25, -0.2) is 4.98 Å². The van der Waals surface area contributed by atoms with Gasteiger partial charge in [0.15, 0.2) is 0 Å². The van der Waals surface area contributed by atoms with Gasteiger partial charge in [-0.3, -0.25) is 4.90 Å². The van der Waals surface area contributed by atoms with Gasteiger partial charge in [0.25, 0.3) is 0 Å². The predicted octanol–water partition coefficient (Wildman–Crippen LogP) is 2.74. The Morgan fingerprint density at radius 1 is 1.47 bits per heavy atom. The highest BCUT2D eigenvalue weighted by atomic mass is 35.5. The molecular weight excluding hydrogens is 259 g/mol. The standard InChI is InChI=1S/C12H16Cl2N2O/c1-12(17)5-2-6-16(8-12)7-10-9(13)3-4-11(14)15-10/h3-4,17H,2,5-8H2,1H3. The van der Waals surface area contributed by atoms with Crippen LogP contribution in [0.25, 0.3) is 0 Å². The van der Waals surface area contributed by atoms with Gasteiger partial charge in [0.2, 0.25) is 0 Å². The van der Waals surface area contributed by atoms with Crippen LogP contribution in [0.5, 0.6) is 0 Å². The van der Waals surface area contributed by atoms with E-state index >= 15 is 0 Å². The molecule has 1 atom stereocenters. The van der Waals surface area contributed by atoms with Crippen molar-refractivity contribution < 1.29 is 5.11 Å². The first-order valence-electron chi connectivity index (χ1n) is 5.72. The molecule has 0 spiro atoms. The number of aliphatic hydroxyl groups is 1. The predicted molar refractivity (Wildman–Crippen MR) is 69.4 cm³/mol. The number of pyridine rings is 1. The average Bonchev–Trinajstić information content (AvgIpc) is 2.22. The Kier molecular flexibility index (Phi) is 3.93. The molecule has 1 aliphatic rings. The largest absolute Gasteiger partial charge is 0.389 e. The van der Waals surface area contributed by atoms with Gasteiger partial charge in [0, 0.05) is 13.1 Å². The van der Waals surface area contributed by atoms with Crippen molar-refractivity contribution in [3.05, 3.63) is 28.0 Å². The van der Waals surface area contributed by atoms with E-state index in [9.17, 15) is 5.11 Å². The van der Waals surface area contributed by atoms with E-state index in [4.69, 9.17) is 23.2 Å². The lowest BCUT2D eigenvalue weighted by molar-refractivity contribution is -0.0184. The maximum Gasteiger partial charge on any atom is 0.129 e. The summed E-state index contributed by atoms with van der Waals surface area (Å²) in [5, 5.41) is 11.1. The van der Waals surface area contributed by atoms with E-state index in [2.05, 4.69) is 9.88 Å². The van der Waals surface area contributed by atoms with Crippen LogP contribution >= 0.6 is 23.2 Å². The molecule has 0 aliphatic carbocycles. The summed E-state index contributed by atoms with van der Waals surface area (Å²) in [5.74, 6) is 0. The first kappa shape index (κ1) is 13.1. The summed E-state index contributed by atoms with van der Waals surface area (Å²) in [5.41, 5.74) is 0.167. The van der Waals surface area contributed by atoms with Crippen molar-refractivity contribution in [1.29, 1.82) is 0 Å². The maximum absolute atomic E-state index is 10.0. The number of hydrogen-bond acceptors (Lipinski definition) is 3. The molecular formula is C12H16Cl2N2O. The SMILES string of the molecule is CC1(O)CCCN(Cc2nc(Cl)ccc2Cl)C1. The summed E-state index contributed by atoms with van der Waals surface area (Å²) in [4.78, 5) is 6.39. The van der Waals surface area contributed by atoms with Gasteiger partial charge in [-0.1, -0.05) is 23.2 Å². The third-order valence-corrected chi connectivity index (χ3v) is 3.57. The van der Waals surface area contributed by atoms with Crippen LogP contribution in [0, 0.1) is 0 Å². The Morgan fingerprint density at radius 3 is 2.94 bits per heavy atom. The second-order valence-electron chi connectivity index (χ2n) is 4.87. The molecule has 0 radical (unpaired) electrons. The minimum absolute atomic E-state index is 0.452. The van der Waals surface area contributed by atoms with Gasteiger partial charge in [0.1, 0.15) is 5.15 Å². The number of likely N-dealkylation sites (tertiary alicyclic amines) is 1. The fourth-order valence-electron chi connectivity index (χ4n) is 2.24. The molecule has 94 valence electrons. The molecule has 0 aromatic carbocycles. The Bertz CT molecular complexity index is 409. The molecule has 1 aromatic heterocycles. The van der Waals surface area contributed by atoms with Gasteiger partial charge in [0.05, 0.1) is 16.3 Å². The molecule has 1 fully saturated rings. The minimum atomic E-state index is -0.608. The summed E-state index contributed by atoms with van der Waals surface area (Å²) in [6.07, 6.45) is 1.84. The van der Waals surface area contributed by atoms with Crippen molar-refractivity contribution in [3.63, 3.8) is 0 Å². The van der Waals surface area contributed by atoms with Crippen LogP contribution in [0.4, 0.5) is 0 Å². The van der Waals surface area contributed by atoms with Crippen LogP contribution in [-0.2, 0) is 6.54 Å². The third kappa shape index (κ3) is 3.55. The lowest BCUT2D eigenvalue weighted by Crippen LogP contribution is -2.45. The molecule has 1 saturated heterocycles. The van der Waals surface area contributed by atoms with E-state index in [0.29, 0.717) is 23.3 Å². The molecule has 1 aliphatic heterocycles. The molecule has 0 amide bonds. The van der Waals surface area contributed by atoms with Crippen LogP contribution in [-0.4, -0.2) is 33.7 Å². The van der Waals surface area contributed by atoms with Gasteiger partial charge in [-0.05, 0) is 38.4 Å². The Hall–Kier alpha value is -0.350. The van der Waals surface area contributed by atoms with Crippen molar-refractivity contribution in [2.24, 2.45) is 0 Å². The van der Waals surface area contributed by atoms with Crippen molar-refractivity contribution in [3.8, 4) is 0 Å². The molecule has 1 aromatic rings. The average molecular weight is 275 g/mol. The van der Waals surface area contributed by atoms with E-state index in [-0.39, 0.29) is 0 Å². The third-order valence-electron chi connectivity index (χ3n) is 3.01. The number of halogens is 2. The van der Waals surface area contributed by atoms with Crippen LogP contribution < -0.4 is 0 Å². The molecule has 2 heterocycles. The second kappa shape index (κ2) is 5.11. The van der Waals surface area contributed by atoms with Crippen LogP contribution in [0.1, 0.15) is 25.5 Å². The van der Waals surface area contributed by atoms with E-state index < -0.39 is 5.60 Å². The highest BCUT2D eigenvalue weighted by molar-refractivity contribution is 6.32. The molecule has 1 unspecified atom stereocenters. The Labute approximate surface area is 111 Å². The van der Waals surface area contributed by atoms with Gasteiger partial charge < -0.3 is 5.11 Å². The fraction of sp³-hybridized carbons (Fsp3) is 0.583. The fourth-order valence-corrected chi connectivity index (χ4v) is 2.57. The van der Waals surface area contributed by atoms with Crippen molar-refractivity contribution in [2.45, 2.75) is 31.9 Å². The van der Waals surface area contributed by atoms with E-state index in [1.165, 1.54) is 0 Å². The topological polar surface area (TPSA) is 36.4 Å². The summed E-state index contributed by atoms with van der Waals surface area (Å²) in [7, 11) is 0. The van der Waals surface area contributed by atoms with Crippen LogP contribution in [0.2, 0.25) is 10.2 Å². The molecule has 3 nitrogen and oxygen atoms in total. The summed E-state index contributed by atoms with van der Waals surface area (Å²) >= 11 is 11.9. The van der Waals surface area contributed by atoms with E-state index in [1.54, 1.807) is 12.1 Å². The lowest BCUT2D eigenvalue weighted by Gasteiger charge is -2.36. The summed E-state index contributed by atoms with van der Waals surface area (Å²) in [6, 6.07) is 3.44. The van der Waals surface area contributed by atoms with E-state index in [1.807, 2.05) is 6.92 Å². The Balaban J connectivity index is 2.07. The molecule has 1 N–H and O–H groups in total. The zero-order valence-corrected chi connectivity index (χ0v) is 11.3. The molecule has 0 bridgehead atoms. The van der Waals surface area contributed by atoms with Gasteiger partial charge in [-0.2, -0.15) is 0 Å². The number of nitrogens with zero attached hydrogens (tertiary/aromatic N) is 2. The van der Waals surface area contributed by atoms with Gasteiger partial charge >= 0.3 is 0 Å². The zero-order valence-electron chi connectivity index (χ0n) is 9.79. The molecule has 17 heavy (non-hydrogen) atoms. The zero-order chi connectivity index (χ0) is 12.5.